The number of carbonyl (C=O) groups excluding carboxylic acids is 1. The normalized spacial score (nSPS) is 10.3. The molecule has 0 spiro atoms. The Morgan fingerprint density at radius 1 is 1.39 bits per heavy atom. The Bertz CT molecular complexity index is 538. The summed E-state index contributed by atoms with van der Waals surface area (Å²) in [6.45, 7) is 4.00. The van der Waals surface area contributed by atoms with E-state index in [4.69, 9.17) is 4.74 Å². The van der Waals surface area contributed by atoms with Crippen molar-refractivity contribution in [3.8, 4) is 11.5 Å². The van der Waals surface area contributed by atoms with Crippen LogP contribution in [0.3, 0.4) is 0 Å². The Balaban J connectivity index is 2.37. The summed E-state index contributed by atoms with van der Waals surface area (Å²) in [5.74, 6) is 0.0368. The van der Waals surface area contributed by atoms with Crippen molar-refractivity contribution in [3.05, 3.63) is 23.7 Å². The van der Waals surface area contributed by atoms with Gasteiger partial charge in [0.15, 0.2) is 5.82 Å². The van der Waals surface area contributed by atoms with Gasteiger partial charge in [-0.15, -0.1) is 0 Å². The number of hydrogen-bond donors (Lipinski definition) is 1. The van der Waals surface area contributed by atoms with Crippen molar-refractivity contribution in [3.63, 3.8) is 0 Å². The molecule has 2 heterocycles. The molecule has 0 atom stereocenters. The fourth-order valence-electron chi connectivity index (χ4n) is 1.50. The van der Waals surface area contributed by atoms with E-state index in [0.29, 0.717) is 35.8 Å². The number of H-pyrrole nitrogens is 1. The fourth-order valence-corrected chi connectivity index (χ4v) is 1.50. The van der Waals surface area contributed by atoms with Crippen molar-refractivity contribution in [1.29, 1.82) is 0 Å². The lowest BCUT2D eigenvalue weighted by Crippen LogP contribution is -2.11. The zero-order chi connectivity index (χ0) is 13.0. The van der Waals surface area contributed by atoms with E-state index < -0.39 is 5.97 Å². The van der Waals surface area contributed by atoms with E-state index in [-0.39, 0.29) is 0 Å². The maximum Gasteiger partial charge on any atom is 0.341 e. The second-order valence-corrected chi connectivity index (χ2v) is 3.48. The average molecular weight is 247 g/mol. The van der Waals surface area contributed by atoms with Gasteiger partial charge in [-0.1, -0.05) is 6.92 Å². The van der Waals surface area contributed by atoms with Crippen LogP contribution in [0.4, 0.5) is 0 Å². The molecule has 0 aromatic carbocycles. The maximum absolute atomic E-state index is 11.7. The zero-order valence-electron chi connectivity index (χ0n) is 10.2. The molecule has 0 aliphatic carbocycles. The molecule has 94 valence electrons. The highest BCUT2D eigenvalue weighted by Crippen LogP contribution is 2.14. The molecule has 0 aliphatic rings. The predicted octanol–water partition coefficient (Wildman–Crippen LogP) is 1.00. The highest BCUT2D eigenvalue weighted by molar-refractivity contribution is 5.90. The first-order valence-electron chi connectivity index (χ1n) is 5.65. The smallest absolute Gasteiger partial charge is 0.341 e. The summed E-state index contributed by atoms with van der Waals surface area (Å²) in [4.78, 5) is 20.1. The summed E-state index contributed by atoms with van der Waals surface area (Å²) in [5.41, 5.74) is 1.58. The molecule has 0 amide bonds. The van der Waals surface area contributed by atoms with Crippen LogP contribution in [0, 0.1) is 0 Å². The molecule has 0 unspecified atom stereocenters. The minimum Gasteiger partial charge on any atom is -0.462 e. The van der Waals surface area contributed by atoms with Gasteiger partial charge in [-0.2, -0.15) is 15.4 Å². The average Bonchev–Trinajstić information content (AvgIpc) is 2.92. The molecule has 7 nitrogen and oxygen atoms in total. The third kappa shape index (κ3) is 2.34. The van der Waals surface area contributed by atoms with Gasteiger partial charge < -0.3 is 4.74 Å². The van der Waals surface area contributed by atoms with Gasteiger partial charge in [-0.25, -0.2) is 14.8 Å². The number of hydrogen-bond acceptors (Lipinski definition) is 6. The molecule has 0 fully saturated rings. The number of nitrogens with zero attached hydrogens (tertiary/aromatic N) is 4. The van der Waals surface area contributed by atoms with E-state index in [1.807, 2.05) is 6.92 Å². The summed E-state index contributed by atoms with van der Waals surface area (Å²) >= 11 is 0. The van der Waals surface area contributed by atoms with E-state index in [9.17, 15) is 4.79 Å². The molecule has 7 heteroatoms. The largest absolute Gasteiger partial charge is 0.462 e. The number of rotatable bonds is 4. The van der Waals surface area contributed by atoms with Crippen LogP contribution in [0.2, 0.25) is 0 Å². The molecule has 2 aromatic rings. The Morgan fingerprint density at radius 2 is 2.22 bits per heavy atom. The van der Waals surface area contributed by atoms with Crippen LogP contribution in [-0.4, -0.2) is 38.0 Å². The van der Waals surface area contributed by atoms with E-state index in [2.05, 4.69) is 25.4 Å². The van der Waals surface area contributed by atoms with Crippen LogP contribution in [0.1, 0.15) is 29.9 Å². The Morgan fingerprint density at radius 3 is 2.83 bits per heavy atom. The van der Waals surface area contributed by atoms with Crippen molar-refractivity contribution >= 4 is 5.97 Å². The minimum absolute atomic E-state index is 0.326. The third-order valence-corrected chi connectivity index (χ3v) is 2.34. The SMILES string of the molecule is CCOC(=O)c1cnc(-c2cn[nH]n2)nc1CC. The second-order valence-electron chi connectivity index (χ2n) is 3.48. The van der Waals surface area contributed by atoms with Gasteiger partial charge in [-0.05, 0) is 13.3 Å². The van der Waals surface area contributed by atoms with Crippen molar-refractivity contribution in [2.75, 3.05) is 6.61 Å². The molecule has 0 bridgehead atoms. The Labute approximate surface area is 104 Å². The number of carbonyl (C=O) groups is 1. The van der Waals surface area contributed by atoms with Crippen molar-refractivity contribution in [2.24, 2.45) is 0 Å². The highest BCUT2D eigenvalue weighted by Gasteiger charge is 2.15. The topological polar surface area (TPSA) is 93.7 Å². The quantitative estimate of drug-likeness (QED) is 0.810. The Hall–Kier alpha value is -2.31. The number of ether oxygens (including phenoxy) is 1. The van der Waals surface area contributed by atoms with Crippen LogP contribution in [0.5, 0.6) is 0 Å². The lowest BCUT2D eigenvalue weighted by Gasteiger charge is -2.06. The molecular formula is C11H13N5O2. The van der Waals surface area contributed by atoms with Gasteiger partial charge >= 0.3 is 5.97 Å². The predicted molar refractivity (Wildman–Crippen MR) is 62.7 cm³/mol. The van der Waals surface area contributed by atoms with Gasteiger partial charge in [-0.3, -0.25) is 0 Å². The molecule has 0 radical (unpaired) electrons. The molecule has 1 N–H and O–H groups in total. The molecule has 2 aromatic heterocycles. The number of aryl methyl sites for hydroxylation is 1. The molecular weight excluding hydrogens is 234 g/mol. The number of aromatic amines is 1. The number of esters is 1. The van der Waals surface area contributed by atoms with E-state index >= 15 is 0 Å². The van der Waals surface area contributed by atoms with Gasteiger partial charge in [0.2, 0.25) is 0 Å². The van der Waals surface area contributed by atoms with Crippen LogP contribution in [-0.2, 0) is 11.2 Å². The minimum atomic E-state index is -0.402. The van der Waals surface area contributed by atoms with Crippen molar-refractivity contribution in [2.45, 2.75) is 20.3 Å². The number of aromatic nitrogens is 5. The Kier molecular flexibility index (Phi) is 3.61. The van der Waals surface area contributed by atoms with Crippen LogP contribution >= 0.6 is 0 Å². The first kappa shape index (κ1) is 12.2. The van der Waals surface area contributed by atoms with Crippen molar-refractivity contribution < 1.29 is 9.53 Å². The molecule has 0 saturated heterocycles. The second kappa shape index (κ2) is 5.35. The summed E-state index contributed by atoms with van der Waals surface area (Å²) in [7, 11) is 0. The van der Waals surface area contributed by atoms with Crippen LogP contribution in [0.15, 0.2) is 12.4 Å². The van der Waals surface area contributed by atoms with Gasteiger partial charge in [0.25, 0.3) is 0 Å². The molecule has 18 heavy (non-hydrogen) atoms. The first-order chi connectivity index (χ1) is 8.76. The molecule has 2 rings (SSSR count). The summed E-state index contributed by atoms with van der Waals surface area (Å²) in [6, 6.07) is 0. The summed E-state index contributed by atoms with van der Waals surface area (Å²) in [6.07, 6.45) is 3.61. The van der Waals surface area contributed by atoms with Crippen molar-refractivity contribution in [1.82, 2.24) is 25.4 Å². The van der Waals surface area contributed by atoms with Gasteiger partial charge in [0.1, 0.15) is 5.69 Å². The van der Waals surface area contributed by atoms with Gasteiger partial charge in [0.05, 0.1) is 24.1 Å². The molecule has 0 saturated carbocycles. The van der Waals surface area contributed by atoms with Crippen LogP contribution in [0.25, 0.3) is 11.5 Å². The lowest BCUT2D eigenvalue weighted by molar-refractivity contribution is 0.0524. The van der Waals surface area contributed by atoms with E-state index in [1.165, 1.54) is 12.4 Å². The monoisotopic (exact) mass is 247 g/mol. The zero-order valence-corrected chi connectivity index (χ0v) is 10.2. The first-order valence-corrected chi connectivity index (χ1v) is 5.65. The fraction of sp³-hybridized carbons (Fsp3) is 0.364. The highest BCUT2D eigenvalue weighted by atomic mass is 16.5. The molecule has 0 aliphatic heterocycles. The maximum atomic E-state index is 11.7. The van der Waals surface area contributed by atoms with Gasteiger partial charge in [0, 0.05) is 6.20 Å². The summed E-state index contributed by atoms with van der Waals surface area (Å²) < 4.78 is 4.95. The number of nitrogens with one attached hydrogen (secondary N) is 1. The standard InChI is InChI=1S/C11H13N5O2/c1-3-8-7(11(17)18-4-2)5-12-10(14-8)9-6-13-16-15-9/h5-6H,3-4H2,1-2H3,(H,13,15,16). The lowest BCUT2D eigenvalue weighted by atomic mass is 10.2. The third-order valence-electron chi connectivity index (χ3n) is 2.34. The van der Waals surface area contributed by atoms with Crippen LogP contribution < -0.4 is 0 Å². The van der Waals surface area contributed by atoms with E-state index in [1.54, 1.807) is 6.92 Å². The van der Waals surface area contributed by atoms with E-state index in [0.717, 1.165) is 0 Å². The summed E-state index contributed by atoms with van der Waals surface area (Å²) in [5, 5.41) is 10.1.